The minimum atomic E-state index is -0.984. The van der Waals surface area contributed by atoms with Crippen LogP contribution >= 0.6 is 11.6 Å². The molecule has 2 bridgehead atoms. The van der Waals surface area contributed by atoms with Crippen LogP contribution in [0.15, 0.2) is 18.2 Å². The Bertz CT molecular complexity index is 531. The first-order valence-electron chi connectivity index (χ1n) is 7.34. The number of fused-ring (bicyclic) bond motifs is 2. The van der Waals surface area contributed by atoms with E-state index in [1.54, 1.807) is 18.2 Å². The molecule has 1 aromatic carbocycles. The molecule has 3 nitrogen and oxygen atoms in total. The zero-order valence-corrected chi connectivity index (χ0v) is 12.4. The zero-order valence-electron chi connectivity index (χ0n) is 11.6. The van der Waals surface area contributed by atoms with E-state index < -0.39 is 5.97 Å². The summed E-state index contributed by atoms with van der Waals surface area (Å²) in [6, 6.07) is 5.51. The summed E-state index contributed by atoms with van der Waals surface area (Å²) in [6.45, 7) is 2.23. The van der Waals surface area contributed by atoms with Crippen molar-refractivity contribution < 1.29 is 9.90 Å². The molecule has 4 heteroatoms. The lowest BCUT2D eigenvalue weighted by Crippen LogP contribution is -2.29. The number of carboxylic acid groups (broad SMARTS) is 1. The summed E-state index contributed by atoms with van der Waals surface area (Å²) in [5, 5.41) is 12.8. The van der Waals surface area contributed by atoms with Crippen molar-refractivity contribution in [3.63, 3.8) is 0 Å². The quantitative estimate of drug-likeness (QED) is 0.871. The molecule has 0 amide bonds. The van der Waals surface area contributed by atoms with Crippen molar-refractivity contribution in [3.05, 3.63) is 28.8 Å². The van der Waals surface area contributed by atoms with Gasteiger partial charge in [0.2, 0.25) is 0 Å². The van der Waals surface area contributed by atoms with Crippen molar-refractivity contribution in [2.75, 3.05) is 5.32 Å². The van der Waals surface area contributed by atoms with Crippen LogP contribution in [0.1, 0.15) is 43.0 Å². The largest absolute Gasteiger partial charge is 0.478 e. The number of rotatable bonds is 4. The van der Waals surface area contributed by atoms with Crippen LogP contribution in [0.5, 0.6) is 0 Å². The molecule has 1 aromatic rings. The van der Waals surface area contributed by atoms with E-state index in [-0.39, 0.29) is 5.56 Å². The van der Waals surface area contributed by atoms with Gasteiger partial charge in [-0.2, -0.15) is 0 Å². The van der Waals surface area contributed by atoms with Gasteiger partial charge in [0.15, 0.2) is 0 Å². The summed E-state index contributed by atoms with van der Waals surface area (Å²) in [5.74, 6) is 1.57. The minimum Gasteiger partial charge on any atom is -0.478 e. The minimum absolute atomic E-state index is 0.157. The monoisotopic (exact) mass is 293 g/mol. The molecule has 108 valence electrons. The molecule has 20 heavy (non-hydrogen) atoms. The Morgan fingerprint density at radius 1 is 1.40 bits per heavy atom. The summed E-state index contributed by atoms with van der Waals surface area (Å²) < 4.78 is 0. The molecular formula is C16H20ClNO2. The molecular weight excluding hydrogens is 274 g/mol. The van der Waals surface area contributed by atoms with E-state index in [1.807, 2.05) is 0 Å². The van der Waals surface area contributed by atoms with Crippen LogP contribution in [0.4, 0.5) is 5.69 Å². The van der Waals surface area contributed by atoms with Crippen LogP contribution in [0.25, 0.3) is 0 Å². The molecule has 0 spiro atoms. The predicted molar refractivity (Wildman–Crippen MR) is 80.4 cm³/mol. The maximum atomic E-state index is 10.9. The fraction of sp³-hybridized carbons (Fsp3) is 0.562. The Hall–Kier alpha value is -1.22. The number of hydrogen-bond acceptors (Lipinski definition) is 2. The second-order valence-corrected chi connectivity index (χ2v) is 6.68. The van der Waals surface area contributed by atoms with Crippen LogP contribution in [0, 0.1) is 17.8 Å². The lowest BCUT2D eigenvalue weighted by molar-refractivity contribution is 0.0697. The van der Waals surface area contributed by atoms with Gasteiger partial charge < -0.3 is 10.4 Å². The number of carbonyl (C=O) groups is 1. The first kappa shape index (κ1) is 13.7. The molecule has 2 saturated carbocycles. The molecule has 4 atom stereocenters. The number of carboxylic acids is 1. The SMILES string of the molecule is CC(Nc1ccc(C(=O)O)c(Cl)c1)C1CC2CCC1C2. The first-order valence-corrected chi connectivity index (χ1v) is 7.71. The Labute approximate surface area is 124 Å². The Morgan fingerprint density at radius 2 is 2.20 bits per heavy atom. The summed E-state index contributed by atoms with van der Waals surface area (Å²) in [6.07, 6.45) is 5.52. The zero-order chi connectivity index (χ0) is 14.3. The van der Waals surface area contributed by atoms with Crippen molar-refractivity contribution in [1.29, 1.82) is 0 Å². The molecule has 0 saturated heterocycles. The third-order valence-electron chi connectivity index (χ3n) is 5.03. The van der Waals surface area contributed by atoms with E-state index in [4.69, 9.17) is 16.7 Å². The van der Waals surface area contributed by atoms with Crippen LogP contribution in [-0.2, 0) is 0 Å². The lowest BCUT2D eigenvalue weighted by Gasteiger charge is -2.29. The van der Waals surface area contributed by atoms with Gasteiger partial charge in [-0.3, -0.25) is 0 Å². The Morgan fingerprint density at radius 3 is 2.75 bits per heavy atom. The highest BCUT2D eigenvalue weighted by molar-refractivity contribution is 6.33. The Kier molecular flexibility index (Phi) is 3.63. The highest BCUT2D eigenvalue weighted by atomic mass is 35.5. The average Bonchev–Trinajstić information content (AvgIpc) is 3.00. The normalized spacial score (nSPS) is 29.4. The molecule has 0 aliphatic heterocycles. The van der Waals surface area contributed by atoms with Crippen molar-refractivity contribution in [3.8, 4) is 0 Å². The van der Waals surface area contributed by atoms with E-state index in [2.05, 4.69) is 12.2 Å². The van der Waals surface area contributed by atoms with Gasteiger partial charge in [0.25, 0.3) is 0 Å². The second-order valence-electron chi connectivity index (χ2n) is 6.27. The number of halogens is 1. The molecule has 2 aliphatic rings. The van der Waals surface area contributed by atoms with Gasteiger partial charge in [0.1, 0.15) is 0 Å². The fourth-order valence-corrected chi connectivity index (χ4v) is 4.32. The van der Waals surface area contributed by atoms with E-state index in [1.165, 1.54) is 25.7 Å². The maximum Gasteiger partial charge on any atom is 0.337 e. The summed E-state index contributed by atoms with van der Waals surface area (Å²) >= 11 is 6.01. The highest BCUT2D eigenvalue weighted by Gasteiger charge is 2.41. The standard InChI is InChI=1S/C16H20ClNO2/c1-9(14-7-10-2-3-11(14)6-10)18-12-4-5-13(16(19)20)15(17)8-12/h4-5,8-11,14,18H,2-3,6-7H2,1H3,(H,19,20). The third-order valence-corrected chi connectivity index (χ3v) is 5.34. The third kappa shape index (κ3) is 2.51. The van der Waals surface area contributed by atoms with Crippen LogP contribution < -0.4 is 5.32 Å². The first-order chi connectivity index (χ1) is 9.54. The van der Waals surface area contributed by atoms with E-state index in [9.17, 15) is 4.79 Å². The molecule has 2 fully saturated rings. The number of benzene rings is 1. The highest BCUT2D eigenvalue weighted by Crippen LogP contribution is 2.49. The molecule has 4 unspecified atom stereocenters. The van der Waals surface area contributed by atoms with Crippen molar-refractivity contribution in [2.24, 2.45) is 17.8 Å². The van der Waals surface area contributed by atoms with Crippen LogP contribution in [0.2, 0.25) is 5.02 Å². The number of nitrogens with one attached hydrogen (secondary N) is 1. The predicted octanol–water partition coefficient (Wildman–Crippen LogP) is 4.27. The van der Waals surface area contributed by atoms with E-state index in [0.29, 0.717) is 11.1 Å². The fourth-order valence-electron chi connectivity index (χ4n) is 4.05. The number of aromatic carboxylic acids is 1. The molecule has 2 aliphatic carbocycles. The van der Waals surface area contributed by atoms with Gasteiger partial charge in [-0.25, -0.2) is 4.79 Å². The lowest BCUT2D eigenvalue weighted by atomic mass is 9.84. The van der Waals surface area contributed by atoms with Crippen molar-refractivity contribution in [2.45, 2.75) is 38.6 Å². The molecule has 2 N–H and O–H groups in total. The number of anilines is 1. The van der Waals surface area contributed by atoms with Crippen molar-refractivity contribution in [1.82, 2.24) is 0 Å². The van der Waals surface area contributed by atoms with Gasteiger partial charge in [0, 0.05) is 11.7 Å². The van der Waals surface area contributed by atoms with Gasteiger partial charge >= 0.3 is 5.97 Å². The van der Waals surface area contributed by atoms with E-state index in [0.717, 1.165) is 23.4 Å². The summed E-state index contributed by atoms with van der Waals surface area (Å²) in [5.41, 5.74) is 1.07. The van der Waals surface area contributed by atoms with Gasteiger partial charge in [-0.15, -0.1) is 0 Å². The molecule has 3 rings (SSSR count). The van der Waals surface area contributed by atoms with Crippen LogP contribution in [-0.4, -0.2) is 17.1 Å². The summed E-state index contributed by atoms with van der Waals surface area (Å²) in [4.78, 5) is 10.9. The van der Waals surface area contributed by atoms with Gasteiger partial charge in [0.05, 0.1) is 10.6 Å². The topological polar surface area (TPSA) is 49.3 Å². The average molecular weight is 294 g/mol. The van der Waals surface area contributed by atoms with Gasteiger partial charge in [-0.1, -0.05) is 18.0 Å². The number of hydrogen-bond donors (Lipinski definition) is 2. The summed E-state index contributed by atoms with van der Waals surface area (Å²) in [7, 11) is 0. The molecule has 0 heterocycles. The molecule has 0 radical (unpaired) electrons. The van der Waals surface area contributed by atoms with Crippen LogP contribution in [0.3, 0.4) is 0 Å². The van der Waals surface area contributed by atoms with Crippen molar-refractivity contribution >= 4 is 23.3 Å². The smallest absolute Gasteiger partial charge is 0.337 e. The maximum absolute atomic E-state index is 10.9. The van der Waals surface area contributed by atoms with E-state index >= 15 is 0 Å². The second kappa shape index (κ2) is 5.28. The molecule has 0 aromatic heterocycles. The Balaban J connectivity index is 1.68. The van der Waals surface area contributed by atoms with Gasteiger partial charge in [-0.05, 0) is 62.1 Å².